The molecular weight excluding hydrogens is 212 g/mol. The summed E-state index contributed by atoms with van der Waals surface area (Å²) in [6.45, 7) is 5.42. The molecule has 1 aromatic rings. The van der Waals surface area contributed by atoms with Gasteiger partial charge in [-0.25, -0.2) is 0 Å². The molecule has 1 aliphatic carbocycles. The fourth-order valence-electron chi connectivity index (χ4n) is 2.13. The van der Waals surface area contributed by atoms with Crippen LogP contribution < -0.4 is 10.5 Å². The lowest BCUT2D eigenvalue weighted by molar-refractivity contribution is 0.263. The highest BCUT2D eigenvalue weighted by atomic mass is 16.5. The van der Waals surface area contributed by atoms with Crippen molar-refractivity contribution in [2.75, 3.05) is 25.9 Å². The third kappa shape index (κ3) is 3.37. The van der Waals surface area contributed by atoms with Crippen molar-refractivity contribution in [1.82, 2.24) is 4.90 Å². The molecule has 3 nitrogen and oxygen atoms in total. The van der Waals surface area contributed by atoms with Crippen LogP contribution in [0, 0.1) is 5.92 Å². The van der Waals surface area contributed by atoms with Crippen molar-refractivity contribution in [3.63, 3.8) is 0 Å². The van der Waals surface area contributed by atoms with Crippen LogP contribution in [-0.2, 0) is 6.54 Å². The largest absolute Gasteiger partial charge is 0.496 e. The number of methoxy groups -OCH3 is 1. The van der Waals surface area contributed by atoms with Gasteiger partial charge in [0.1, 0.15) is 5.75 Å². The highest BCUT2D eigenvalue weighted by molar-refractivity contribution is 5.47. The van der Waals surface area contributed by atoms with Gasteiger partial charge in [-0.1, -0.05) is 6.92 Å². The molecule has 0 amide bonds. The minimum absolute atomic E-state index is 0.809. The van der Waals surface area contributed by atoms with Gasteiger partial charge in [0.25, 0.3) is 0 Å². The fraction of sp³-hybridized carbons (Fsp3) is 0.571. The summed E-state index contributed by atoms with van der Waals surface area (Å²) in [6, 6.07) is 5.86. The Labute approximate surface area is 104 Å². The van der Waals surface area contributed by atoms with E-state index in [0.717, 1.165) is 30.4 Å². The molecule has 0 aliphatic heterocycles. The Morgan fingerprint density at radius 1 is 1.41 bits per heavy atom. The maximum Gasteiger partial charge on any atom is 0.123 e. The summed E-state index contributed by atoms with van der Waals surface area (Å²) < 4.78 is 5.38. The van der Waals surface area contributed by atoms with E-state index >= 15 is 0 Å². The molecule has 1 aliphatic rings. The predicted octanol–water partition coefficient (Wildman–Crippen LogP) is 2.51. The van der Waals surface area contributed by atoms with E-state index in [9.17, 15) is 0 Å². The van der Waals surface area contributed by atoms with Gasteiger partial charge < -0.3 is 10.5 Å². The van der Waals surface area contributed by atoms with E-state index in [0.29, 0.717) is 0 Å². The molecule has 2 rings (SSSR count). The molecule has 1 aromatic carbocycles. The molecule has 1 saturated carbocycles. The van der Waals surface area contributed by atoms with Crippen molar-refractivity contribution in [2.45, 2.75) is 26.3 Å². The molecule has 0 bridgehead atoms. The lowest BCUT2D eigenvalue weighted by Gasteiger charge is -2.21. The Morgan fingerprint density at radius 2 is 2.18 bits per heavy atom. The SMILES string of the molecule is CCN(Cc1cc(N)ccc1OC)CC1CC1. The first kappa shape index (κ1) is 12.2. The molecule has 0 unspecified atom stereocenters. The van der Waals surface area contributed by atoms with E-state index in [1.807, 2.05) is 18.2 Å². The van der Waals surface area contributed by atoms with E-state index in [-0.39, 0.29) is 0 Å². The zero-order chi connectivity index (χ0) is 12.3. The number of hydrogen-bond donors (Lipinski definition) is 1. The molecule has 0 heterocycles. The van der Waals surface area contributed by atoms with Crippen molar-refractivity contribution >= 4 is 5.69 Å². The minimum atomic E-state index is 0.809. The Balaban J connectivity index is 2.06. The van der Waals surface area contributed by atoms with Crippen LogP contribution in [0.3, 0.4) is 0 Å². The van der Waals surface area contributed by atoms with Crippen LogP contribution in [0.5, 0.6) is 5.75 Å². The minimum Gasteiger partial charge on any atom is -0.496 e. The van der Waals surface area contributed by atoms with Crippen molar-refractivity contribution in [1.29, 1.82) is 0 Å². The maximum atomic E-state index is 5.84. The summed E-state index contributed by atoms with van der Waals surface area (Å²) in [7, 11) is 1.71. The molecule has 0 spiro atoms. The van der Waals surface area contributed by atoms with E-state index in [4.69, 9.17) is 10.5 Å². The highest BCUT2D eigenvalue weighted by Crippen LogP contribution is 2.31. The van der Waals surface area contributed by atoms with Gasteiger partial charge >= 0.3 is 0 Å². The van der Waals surface area contributed by atoms with Crippen molar-refractivity contribution in [3.8, 4) is 5.75 Å². The normalized spacial score (nSPS) is 15.2. The van der Waals surface area contributed by atoms with E-state index < -0.39 is 0 Å². The molecule has 2 N–H and O–H groups in total. The second-order valence-electron chi connectivity index (χ2n) is 4.84. The van der Waals surface area contributed by atoms with Crippen molar-refractivity contribution < 1.29 is 4.74 Å². The van der Waals surface area contributed by atoms with Crippen LogP contribution >= 0.6 is 0 Å². The number of nitrogens with zero attached hydrogens (tertiary/aromatic N) is 1. The number of nitrogen functional groups attached to an aromatic ring is 1. The molecule has 1 fully saturated rings. The molecule has 3 heteroatoms. The highest BCUT2D eigenvalue weighted by Gasteiger charge is 2.24. The summed E-state index contributed by atoms with van der Waals surface area (Å²) in [4.78, 5) is 2.47. The predicted molar refractivity (Wildman–Crippen MR) is 71.1 cm³/mol. The van der Waals surface area contributed by atoms with Crippen LogP contribution in [0.1, 0.15) is 25.3 Å². The van der Waals surface area contributed by atoms with Gasteiger partial charge in [-0.2, -0.15) is 0 Å². The number of hydrogen-bond acceptors (Lipinski definition) is 3. The topological polar surface area (TPSA) is 38.5 Å². The van der Waals surface area contributed by atoms with Crippen LogP contribution in [0.2, 0.25) is 0 Å². The zero-order valence-electron chi connectivity index (χ0n) is 10.8. The molecule has 17 heavy (non-hydrogen) atoms. The standard InChI is InChI=1S/C14H22N2O/c1-3-16(9-11-4-5-11)10-12-8-13(15)6-7-14(12)17-2/h6-8,11H,3-5,9-10,15H2,1-2H3. The number of anilines is 1. The van der Waals surface area contributed by atoms with Crippen LogP contribution in [0.25, 0.3) is 0 Å². The lowest BCUT2D eigenvalue weighted by Crippen LogP contribution is -2.25. The van der Waals surface area contributed by atoms with Gasteiger partial charge in [-0.05, 0) is 43.5 Å². The summed E-state index contributed by atoms with van der Waals surface area (Å²) in [5, 5.41) is 0. The Hall–Kier alpha value is -1.22. The van der Waals surface area contributed by atoms with Crippen LogP contribution in [0.15, 0.2) is 18.2 Å². The van der Waals surface area contributed by atoms with Gasteiger partial charge in [0, 0.05) is 24.3 Å². The first-order chi connectivity index (χ1) is 8.22. The first-order valence-electron chi connectivity index (χ1n) is 6.37. The summed E-state index contributed by atoms with van der Waals surface area (Å²) in [5.41, 5.74) is 7.84. The van der Waals surface area contributed by atoms with Gasteiger partial charge in [0.15, 0.2) is 0 Å². The second-order valence-corrected chi connectivity index (χ2v) is 4.84. The fourth-order valence-corrected chi connectivity index (χ4v) is 2.13. The van der Waals surface area contributed by atoms with Gasteiger partial charge in [-0.15, -0.1) is 0 Å². The average molecular weight is 234 g/mol. The van der Waals surface area contributed by atoms with E-state index in [1.165, 1.54) is 24.9 Å². The summed E-state index contributed by atoms with van der Waals surface area (Å²) >= 11 is 0. The molecular formula is C14H22N2O. The lowest BCUT2D eigenvalue weighted by atomic mass is 10.1. The molecule has 0 atom stereocenters. The van der Waals surface area contributed by atoms with Gasteiger partial charge in [0.05, 0.1) is 7.11 Å². The number of ether oxygens (including phenoxy) is 1. The summed E-state index contributed by atoms with van der Waals surface area (Å²) in [5.74, 6) is 1.86. The smallest absolute Gasteiger partial charge is 0.123 e. The monoisotopic (exact) mass is 234 g/mol. The molecule has 94 valence electrons. The third-order valence-electron chi connectivity index (χ3n) is 3.36. The quantitative estimate of drug-likeness (QED) is 0.769. The Morgan fingerprint density at radius 3 is 2.76 bits per heavy atom. The van der Waals surface area contributed by atoms with Gasteiger partial charge in [-0.3, -0.25) is 4.90 Å². The zero-order valence-corrected chi connectivity index (χ0v) is 10.8. The van der Waals surface area contributed by atoms with Crippen LogP contribution in [-0.4, -0.2) is 25.1 Å². The van der Waals surface area contributed by atoms with Gasteiger partial charge in [0.2, 0.25) is 0 Å². The Bertz CT molecular complexity index is 374. The van der Waals surface area contributed by atoms with Crippen molar-refractivity contribution in [3.05, 3.63) is 23.8 Å². The summed E-state index contributed by atoms with van der Waals surface area (Å²) in [6.07, 6.45) is 2.79. The third-order valence-corrected chi connectivity index (χ3v) is 3.36. The van der Waals surface area contributed by atoms with E-state index in [2.05, 4.69) is 11.8 Å². The van der Waals surface area contributed by atoms with Crippen LogP contribution in [0.4, 0.5) is 5.69 Å². The molecule has 0 radical (unpaired) electrons. The molecule has 0 saturated heterocycles. The molecule has 0 aromatic heterocycles. The maximum absolute atomic E-state index is 5.84. The number of benzene rings is 1. The second kappa shape index (κ2) is 5.41. The average Bonchev–Trinajstić information content (AvgIpc) is 3.12. The van der Waals surface area contributed by atoms with E-state index in [1.54, 1.807) is 7.11 Å². The number of rotatable bonds is 6. The first-order valence-corrected chi connectivity index (χ1v) is 6.37. The van der Waals surface area contributed by atoms with Crippen molar-refractivity contribution in [2.24, 2.45) is 5.92 Å². The number of nitrogens with two attached hydrogens (primary N) is 1. The Kier molecular flexibility index (Phi) is 3.89.